The van der Waals surface area contributed by atoms with Crippen LogP contribution in [0.5, 0.6) is 0 Å². The first kappa shape index (κ1) is 23.2. The Balaban J connectivity index is 2.02. The van der Waals surface area contributed by atoms with Crippen LogP contribution in [0.4, 0.5) is 22.7 Å². The smallest absolute Gasteiger partial charge is 0.301 e. The highest BCUT2D eigenvalue weighted by Crippen LogP contribution is 2.30. The molecule has 166 valence electrons. The zero-order chi connectivity index (χ0) is 23.1. The summed E-state index contributed by atoms with van der Waals surface area (Å²) in [5, 5.41) is 28.4. The summed E-state index contributed by atoms with van der Waals surface area (Å²) in [5.74, 6) is 0.821. The third-order valence-electron chi connectivity index (χ3n) is 4.76. The fraction of sp³-hybridized carbons (Fsp3) is 0.190. The Bertz CT molecular complexity index is 1170. The van der Waals surface area contributed by atoms with E-state index >= 15 is 0 Å². The molecule has 0 atom stereocenters. The minimum absolute atomic E-state index is 0.0389. The monoisotopic (exact) mass is 475 g/mol. The highest BCUT2D eigenvalue weighted by Gasteiger charge is 2.19. The zero-order valence-corrected chi connectivity index (χ0v) is 18.3. The topological polar surface area (TPSA) is 114 Å². The highest BCUT2D eigenvalue weighted by molar-refractivity contribution is 6.19. The molecule has 3 rings (SSSR count). The molecule has 9 nitrogen and oxygen atoms in total. The summed E-state index contributed by atoms with van der Waals surface area (Å²) in [6.45, 7) is 1.16. The molecule has 3 aromatic rings. The van der Waals surface area contributed by atoms with E-state index < -0.39 is 15.5 Å². The van der Waals surface area contributed by atoms with Crippen LogP contribution in [0.1, 0.15) is 5.56 Å². The van der Waals surface area contributed by atoms with E-state index in [-0.39, 0.29) is 11.4 Å². The van der Waals surface area contributed by atoms with Crippen molar-refractivity contribution in [2.45, 2.75) is 0 Å². The summed E-state index contributed by atoms with van der Waals surface area (Å²) in [6.07, 6.45) is 1.57. The molecule has 0 amide bonds. The van der Waals surface area contributed by atoms with E-state index in [1.165, 1.54) is 12.1 Å². The molecule has 1 N–H and O–H groups in total. The summed E-state index contributed by atoms with van der Waals surface area (Å²) < 4.78 is 0. The average Bonchev–Trinajstić information content (AvgIpc) is 2.79. The fourth-order valence-corrected chi connectivity index (χ4v) is 3.71. The van der Waals surface area contributed by atoms with Gasteiger partial charge in [-0.1, -0.05) is 30.3 Å². The Labute approximate surface area is 193 Å². The Hall–Kier alpha value is -3.43. The normalized spacial score (nSPS) is 11.1. The predicted molar refractivity (Wildman–Crippen MR) is 129 cm³/mol. The van der Waals surface area contributed by atoms with Crippen molar-refractivity contribution in [2.24, 2.45) is 5.10 Å². The third-order valence-corrected chi connectivity index (χ3v) is 5.10. The Kier molecular flexibility index (Phi) is 7.80. The Morgan fingerprint density at radius 2 is 1.69 bits per heavy atom. The maximum atomic E-state index is 11.4. The molecule has 0 aromatic heterocycles. The molecule has 11 heteroatoms. The van der Waals surface area contributed by atoms with Gasteiger partial charge in [-0.3, -0.25) is 25.7 Å². The van der Waals surface area contributed by atoms with Gasteiger partial charge in [-0.05, 0) is 22.9 Å². The fourth-order valence-electron chi connectivity index (χ4n) is 3.30. The van der Waals surface area contributed by atoms with Gasteiger partial charge in [-0.15, -0.1) is 23.2 Å². The quantitative estimate of drug-likeness (QED) is 0.182. The Morgan fingerprint density at radius 3 is 2.34 bits per heavy atom. The SMILES string of the molecule is O=[N+]([O-])c1ccc(N/N=C/c2c(N(CCCl)CCCl)ccc3ccccc23)c([N+](=O)[O-])c1. The number of nitrogens with zero attached hydrogens (tertiary/aromatic N) is 4. The minimum atomic E-state index is -0.698. The van der Waals surface area contributed by atoms with Crippen LogP contribution in [-0.2, 0) is 0 Å². The number of non-ortho nitro benzene ring substituents is 1. The van der Waals surface area contributed by atoms with Gasteiger partial charge in [0.1, 0.15) is 5.69 Å². The van der Waals surface area contributed by atoms with E-state index in [1.807, 2.05) is 41.3 Å². The Morgan fingerprint density at radius 1 is 0.969 bits per heavy atom. The van der Waals surface area contributed by atoms with Crippen molar-refractivity contribution in [3.8, 4) is 0 Å². The second-order valence-corrected chi connectivity index (χ2v) is 7.43. The van der Waals surface area contributed by atoms with Crippen molar-refractivity contribution in [3.63, 3.8) is 0 Å². The molecule has 0 bridgehead atoms. The van der Waals surface area contributed by atoms with Gasteiger partial charge in [0.05, 0.1) is 22.1 Å². The number of nitro groups is 2. The lowest BCUT2D eigenvalue weighted by Gasteiger charge is -2.25. The van der Waals surface area contributed by atoms with Crippen LogP contribution in [0.2, 0.25) is 0 Å². The van der Waals surface area contributed by atoms with Crippen LogP contribution in [0.3, 0.4) is 0 Å². The second-order valence-electron chi connectivity index (χ2n) is 6.67. The van der Waals surface area contributed by atoms with Gasteiger partial charge in [-0.2, -0.15) is 5.10 Å². The number of alkyl halides is 2. The lowest BCUT2D eigenvalue weighted by molar-refractivity contribution is -0.393. The third kappa shape index (κ3) is 5.24. The first-order valence-electron chi connectivity index (χ1n) is 9.56. The number of fused-ring (bicyclic) bond motifs is 1. The first-order chi connectivity index (χ1) is 15.5. The summed E-state index contributed by atoms with van der Waals surface area (Å²) in [7, 11) is 0. The van der Waals surface area contributed by atoms with Crippen LogP contribution < -0.4 is 10.3 Å². The van der Waals surface area contributed by atoms with Crippen LogP contribution in [0.15, 0.2) is 59.7 Å². The number of hydrogen-bond acceptors (Lipinski definition) is 7. The molecule has 0 heterocycles. The molecule has 0 saturated carbocycles. The van der Waals surface area contributed by atoms with E-state index in [2.05, 4.69) is 10.5 Å². The molecular weight excluding hydrogens is 457 g/mol. The molecule has 0 unspecified atom stereocenters. The molecule has 0 aliphatic heterocycles. The van der Waals surface area contributed by atoms with Crippen molar-refractivity contribution < 1.29 is 9.85 Å². The van der Waals surface area contributed by atoms with Crippen molar-refractivity contribution >= 4 is 62.9 Å². The van der Waals surface area contributed by atoms with Gasteiger partial charge in [0.25, 0.3) is 5.69 Å². The number of hydrazone groups is 1. The van der Waals surface area contributed by atoms with Crippen LogP contribution >= 0.6 is 23.2 Å². The lowest BCUT2D eigenvalue weighted by atomic mass is 10.0. The van der Waals surface area contributed by atoms with Gasteiger partial charge in [-0.25, -0.2) is 0 Å². The number of hydrogen-bond donors (Lipinski definition) is 1. The summed E-state index contributed by atoms with van der Waals surface area (Å²) in [4.78, 5) is 22.9. The maximum Gasteiger partial charge on any atom is 0.301 e. The largest absolute Gasteiger partial charge is 0.369 e. The summed E-state index contributed by atoms with van der Waals surface area (Å²) in [6, 6.07) is 15.0. The van der Waals surface area contributed by atoms with E-state index in [0.717, 1.165) is 28.1 Å². The summed E-state index contributed by atoms with van der Waals surface area (Å²) in [5.41, 5.74) is 3.52. The molecule has 32 heavy (non-hydrogen) atoms. The lowest BCUT2D eigenvalue weighted by Crippen LogP contribution is -2.28. The number of nitro benzene ring substituents is 2. The molecule has 0 saturated heterocycles. The van der Waals surface area contributed by atoms with Crippen LogP contribution in [0.25, 0.3) is 10.8 Å². The van der Waals surface area contributed by atoms with E-state index in [4.69, 9.17) is 23.2 Å². The second kappa shape index (κ2) is 10.7. The molecule has 0 aliphatic rings. The molecule has 0 fully saturated rings. The van der Waals surface area contributed by atoms with Crippen molar-refractivity contribution in [3.05, 3.63) is 80.4 Å². The number of halogens is 2. The van der Waals surface area contributed by atoms with E-state index in [9.17, 15) is 20.2 Å². The molecule has 0 radical (unpaired) electrons. The number of anilines is 2. The zero-order valence-electron chi connectivity index (χ0n) is 16.8. The minimum Gasteiger partial charge on any atom is -0.369 e. The van der Waals surface area contributed by atoms with Crippen molar-refractivity contribution in [1.29, 1.82) is 0 Å². The number of nitrogens with one attached hydrogen (secondary N) is 1. The van der Waals surface area contributed by atoms with E-state index in [0.29, 0.717) is 24.8 Å². The van der Waals surface area contributed by atoms with Gasteiger partial charge in [0.15, 0.2) is 0 Å². The van der Waals surface area contributed by atoms with Gasteiger partial charge in [0.2, 0.25) is 0 Å². The number of rotatable bonds is 10. The van der Waals surface area contributed by atoms with Crippen LogP contribution in [0, 0.1) is 20.2 Å². The summed E-state index contributed by atoms with van der Waals surface area (Å²) >= 11 is 12.0. The van der Waals surface area contributed by atoms with Gasteiger partial charge < -0.3 is 4.90 Å². The maximum absolute atomic E-state index is 11.4. The molecule has 0 spiro atoms. The van der Waals surface area contributed by atoms with Crippen LogP contribution in [-0.4, -0.2) is 40.9 Å². The standard InChI is InChI=1S/C21H19Cl2N5O4/c22-9-11-26(12-10-23)20-8-5-15-3-1-2-4-17(15)18(20)14-24-25-19-7-6-16(27(29)30)13-21(19)28(31)32/h1-8,13-14,25H,9-12H2/b24-14+. The molecule has 0 aliphatic carbocycles. The van der Waals surface area contributed by atoms with Gasteiger partial charge in [0, 0.05) is 42.2 Å². The highest BCUT2D eigenvalue weighted by atomic mass is 35.5. The first-order valence-corrected chi connectivity index (χ1v) is 10.6. The van der Waals surface area contributed by atoms with Crippen molar-refractivity contribution in [2.75, 3.05) is 35.2 Å². The van der Waals surface area contributed by atoms with Crippen molar-refractivity contribution in [1.82, 2.24) is 0 Å². The number of benzene rings is 3. The average molecular weight is 476 g/mol. The molecule has 3 aromatic carbocycles. The van der Waals surface area contributed by atoms with Gasteiger partial charge >= 0.3 is 5.69 Å². The van der Waals surface area contributed by atoms with E-state index in [1.54, 1.807) is 6.21 Å². The predicted octanol–water partition coefficient (Wildman–Crippen LogP) is 5.39. The molecular formula is C21H19Cl2N5O4.